The van der Waals surface area contributed by atoms with E-state index in [1.165, 1.54) is 17.6 Å². The lowest BCUT2D eigenvalue weighted by Gasteiger charge is -2.20. The van der Waals surface area contributed by atoms with Crippen molar-refractivity contribution in [1.82, 2.24) is 9.88 Å². The number of anilines is 1. The van der Waals surface area contributed by atoms with E-state index in [-0.39, 0.29) is 5.91 Å². The van der Waals surface area contributed by atoms with Crippen molar-refractivity contribution >= 4 is 44.2 Å². The van der Waals surface area contributed by atoms with Crippen LogP contribution in [0.5, 0.6) is 0 Å². The summed E-state index contributed by atoms with van der Waals surface area (Å²) in [5, 5.41) is 1.21. The van der Waals surface area contributed by atoms with Crippen LogP contribution < -0.4 is 4.90 Å². The molecular weight excluding hydrogens is 334 g/mol. The van der Waals surface area contributed by atoms with Gasteiger partial charge >= 0.3 is 0 Å². The molecule has 0 N–H and O–H groups in total. The first kappa shape index (κ1) is 16.0. The fraction of sp³-hybridized carbons (Fsp3) is 0.250. The fourth-order valence-electron chi connectivity index (χ4n) is 2.14. The highest BCUT2D eigenvalue weighted by atomic mass is 35.5. The van der Waals surface area contributed by atoms with E-state index >= 15 is 0 Å². The largest absolute Gasteiger partial charge is 0.459 e. The Balaban J connectivity index is 1.98. The average molecular weight is 350 g/mol. The van der Waals surface area contributed by atoms with Crippen LogP contribution in [-0.4, -0.2) is 43.0 Å². The van der Waals surface area contributed by atoms with Gasteiger partial charge in [-0.05, 0) is 38.4 Å². The zero-order valence-corrected chi connectivity index (χ0v) is 14.4. The molecule has 1 aromatic carbocycles. The van der Waals surface area contributed by atoms with Crippen molar-refractivity contribution in [2.24, 2.45) is 0 Å². The van der Waals surface area contributed by atoms with E-state index in [0.29, 0.717) is 22.5 Å². The zero-order valence-electron chi connectivity index (χ0n) is 12.8. The Morgan fingerprint density at radius 2 is 2.09 bits per heavy atom. The number of nitrogens with zero attached hydrogens (tertiary/aromatic N) is 3. The van der Waals surface area contributed by atoms with Crippen LogP contribution in [0.3, 0.4) is 0 Å². The summed E-state index contributed by atoms with van der Waals surface area (Å²) in [6, 6.07) is 8.98. The number of aromatic nitrogens is 1. The van der Waals surface area contributed by atoms with E-state index in [4.69, 9.17) is 16.0 Å². The molecule has 0 spiro atoms. The van der Waals surface area contributed by atoms with Crippen molar-refractivity contribution in [3.05, 3.63) is 47.4 Å². The maximum atomic E-state index is 12.7. The van der Waals surface area contributed by atoms with Crippen molar-refractivity contribution in [1.29, 1.82) is 0 Å². The second-order valence-electron chi connectivity index (χ2n) is 5.32. The lowest BCUT2D eigenvalue weighted by molar-refractivity contribution is 0.0958. The summed E-state index contributed by atoms with van der Waals surface area (Å²) in [6.07, 6.45) is 1.49. The minimum atomic E-state index is -0.202. The maximum absolute atomic E-state index is 12.7. The first-order valence-electron chi connectivity index (χ1n) is 7.11. The molecule has 2 aromatic heterocycles. The maximum Gasteiger partial charge on any atom is 0.295 e. The smallest absolute Gasteiger partial charge is 0.295 e. The number of amides is 1. The first-order chi connectivity index (χ1) is 11.1. The number of hydrogen-bond acceptors (Lipinski definition) is 5. The quantitative estimate of drug-likeness (QED) is 0.704. The zero-order chi connectivity index (χ0) is 16.4. The van der Waals surface area contributed by atoms with Gasteiger partial charge in [-0.15, -0.1) is 0 Å². The summed E-state index contributed by atoms with van der Waals surface area (Å²) in [7, 11) is 3.93. The number of hydrogen-bond donors (Lipinski definition) is 0. The summed E-state index contributed by atoms with van der Waals surface area (Å²) in [5.74, 6) is 0.0983. The fourth-order valence-corrected chi connectivity index (χ4v) is 3.43. The highest BCUT2D eigenvalue weighted by molar-refractivity contribution is 7.22. The predicted octanol–water partition coefficient (Wildman–Crippen LogP) is 3.75. The molecule has 0 aliphatic heterocycles. The molecule has 0 aliphatic rings. The Kier molecular flexibility index (Phi) is 4.66. The number of likely N-dealkylation sites (N-methyl/N-ethyl adjacent to an activating group) is 1. The normalized spacial score (nSPS) is 11.3. The summed E-state index contributed by atoms with van der Waals surface area (Å²) in [4.78, 5) is 20.9. The predicted molar refractivity (Wildman–Crippen MR) is 93.6 cm³/mol. The molecule has 3 rings (SSSR count). The molecule has 2 heterocycles. The Bertz CT molecular complexity index is 814. The molecule has 0 fully saturated rings. The van der Waals surface area contributed by atoms with Crippen LogP contribution in [0.25, 0.3) is 10.2 Å². The molecule has 23 heavy (non-hydrogen) atoms. The lowest BCUT2D eigenvalue weighted by atomic mass is 10.3. The second kappa shape index (κ2) is 6.70. The molecule has 0 saturated carbocycles. The number of benzene rings is 1. The molecule has 120 valence electrons. The summed E-state index contributed by atoms with van der Waals surface area (Å²) >= 11 is 7.64. The van der Waals surface area contributed by atoms with Crippen molar-refractivity contribution in [2.75, 3.05) is 32.1 Å². The van der Waals surface area contributed by atoms with Gasteiger partial charge in [0.2, 0.25) is 0 Å². The van der Waals surface area contributed by atoms with E-state index in [2.05, 4.69) is 4.98 Å². The van der Waals surface area contributed by atoms with Gasteiger partial charge in [0, 0.05) is 13.1 Å². The third-order valence-electron chi connectivity index (χ3n) is 3.34. The van der Waals surface area contributed by atoms with Gasteiger partial charge in [-0.1, -0.05) is 29.0 Å². The topological polar surface area (TPSA) is 49.6 Å². The van der Waals surface area contributed by atoms with Gasteiger partial charge in [0.15, 0.2) is 10.9 Å². The lowest BCUT2D eigenvalue weighted by Crippen LogP contribution is -2.36. The summed E-state index contributed by atoms with van der Waals surface area (Å²) < 4.78 is 6.20. The molecular formula is C16H16ClN3O2S. The van der Waals surface area contributed by atoms with Crippen molar-refractivity contribution in [3.8, 4) is 0 Å². The van der Waals surface area contributed by atoms with E-state index in [1.54, 1.807) is 23.1 Å². The third kappa shape index (κ3) is 3.39. The number of rotatable bonds is 5. The highest BCUT2D eigenvalue weighted by Gasteiger charge is 2.23. The van der Waals surface area contributed by atoms with Gasteiger partial charge in [0.05, 0.1) is 16.0 Å². The molecule has 0 unspecified atom stereocenters. The number of carbonyl (C=O) groups excluding carboxylic acids is 1. The molecule has 0 saturated heterocycles. The van der Waals surface area contributed by atoms with E-state index < -0.39 is 0 Å². The minimum Gasteiger partial charge on any atom is -0.459 e. The van der Waals surface area contributed by atoms with E-state index in [1.807, 2.05) is 31.1 Å². The van der Waals surface area contributed by atoms with Gasteiger partial charge < -0.3 is 9.32 Å². The number of para-hydroxylation sites is 1. The molecule has 3 aromatic rings. The number of thiazole rings is 1. The Morgan fingerprint density at radius 3 is 2.74 bits per heavy atom. The summed E-state index contributed by atoms with van der Waals surface area (Å²) in [6.45, 7) is 1.24. The van der Waals surface area contributed by atoms with Gasteiger partial charge in [-0.25, -0.2) is 4.98 Å². The first-order valence-corrected chi connectivity index (χ1v) is 8.31. The molecule has 0 bridgehead atoms. The molecule has 0 radical (unpaired) electrons. The van der Waals surface area contributed by atoms with Crippen LogP contribution in [0.4, 0.5) is 5.13 Å². The average Bonchev–Trinajstić information content (AvgIpc) is 3.16. The third-order valence-corrected chi connectivity index (χ3v) is 4.69. The van der Waals surface area contributed by atoms with Crippen LogP contribution >= 0.6 is 22.9 Å². The molecule has 1 amide bonds. The Morgan fingerprint density at radius 1 is 1.26 bits per heavy atom. The van der Waals surface area contributed by atoms with Crippen LogP contribution in [-0.2, 0) is 0 Å². The number of carbonyl (C=O) groups is 1. The van der Waals surface area contributed by atoms with Crippen LogP contribution in [0.15, 0.2) is 41.0 Å². The number of halogens is 1. The van der Waals surface area contributed by atoms with Gasteiger partial charge in [-0.2, -0.15) is 0 Å². The number of furan rings is 1. The van der Waals surface area contributed by atoms with Crippen LogP contribution in [0, 0.1) is 0 Å². The molecule has 7 heteroatoms. The standard InChI is InChI=1S/C16H16ClN3O2S/c1-19(2)8-9-20(15(21)12-6-4-10-22-12)16-18-14-11(17)5-3-7-13(14)23-16/h3-7,10H,8-9H2,1-2H3. The van der Waals surface area contributed by atoms with E-state index in [9.17, 15) is 4.79 Å². The molecule has 0 aliphatic carbocycles. The minimum absolute atomic E-state index is 0.202. The Hall–Kier alpha value is -1.89. The number of fused-ring (bicyclic) bond motifs is 1. The Labute approximate surface area is 143 Å². The van der Waals surface area contributed by atoms with Crippen LogP contribution in [0.2, 0.25) is 5.02 Å². The van der Waals surface area contributed by atoms with Crippen LogP contribution in [0.1, 0.15) is 10.6 Å². The molecule has 5 nitrogen and oxygen atoms in total. The summed E-state index contributed by atoms with van der Waals surface area (Å²) in [5.41, 5.74) is 0.719. The van der Waals surface area contributed by atoms with Gasteiger partial charge in [0.1, 0.15) is 5.52 Å². The van der Waals surface area contributed by atoms with Gasteiger partial charge in [0.25, 0.3) is 5.91 Å². The highest BCUT2D eigenvalue weighted by Crippen LogP contribution is 2.33. The van der Waals surface area contributed by atoms with Crippen molar-refractivity contribution in [2.45, 2.75) is 0 Å². The second-order valence-corrected chi connectivity index (χ2v) is 6.74. The monoisotopic (exact) mass is 349 g/mol. The van der Waals surface area contributed by atoms with E-state index in [0.717, 1.165) is 16.8 Å². The molecule has 0 atom stereocenters. The van der Waals surface area contributed by atoms with Crippen molar-refractivity contribution in [3.63, 3.8) is 0 Å². The van der Waals surface area contributed by atoms with Gasteiger partial charge in [-0.3, -0.25) is 9.69 Å². The van der Waals surface area contributed by atoms with Crippen molar-refractivity contribution < 1.29 is 9.21 Å². The SMILES string of the molecule is CN(C)CCN(C(=O)c1ccco1)c1nc2c(Cl)cccc2s1.